The molecular weight excluding hydrogens is 298 g/mol. The molecule has 2 rings (SSSR count). The lowest BCUT2D eigenvalue weighted by Crippen LogP contribution is -2.17. The Morgan fingerprint density at radius 3 is 2.94 bits per heavy atom. The summed E-state index contributed by atoms with van der Waals surface area (Å²) >= 11 is 3.19. The van der Waals surface area contributed by atoms with Gasteiger partial charge in [-0.3, -0.25) is 9.48 Å². The minimum atomic E-state index is -0.132. The highest BCUT2D eigenvalue weighted by atomic mass is 79.9. The molecule has 5 nitrogen and oxygen atoms in total. The first-order chi connectivity index (χ1) is 8.69. The lowest BCUT2D eigenvalue weighted by Gasteiger charge is -2.12. The quantitative estimate of drug-likeness (QED) is 0.929. The maximum Gasteiger partial charge on any atom is 0.222 e. The third kappa shape index (κ3) is 2.26. The van der Waals surface area contributed by atoms with Crippen LogP contribution in [0.2, 0.25) is 0 Å². The maximum absolute atomic E-state index is 12.0. The van der Waals surface area contributed by atoms with Crippen molar-refractivity contribution in [2.75, 3.05) is 13.7 Å². The van der Waals surface area contributed by atoms with Gasteiger partial charge in [-0.15, -0.1) is 0 Å². The van der Waals surface area contributed by atoms with Gasteiger partial charge in [-0.2, -0.15) is 5.10 Å². The second-order valence-electron chi connectivity index (χ2n) is 3.84. The summed E-state index contributed by atoms with van der Waals surface area (Å²) in [7, 11) is 1.58. The van der Waals surface area contributed by atoms with Crippen molar-refractivity contribution in [2.24, 2.45) is 5.73 Å². The van der Waals surface area contributed by atoms with Crippen LogP contribution >= 0.6 is 15.9 Å². The van der Waals surface area contributed by atoms with Gasteiger partial charge in [0.15, 0.2) is 4.60 Å². The number of aromatic nitrogens is 2. The van der Waals surface area contributed by atoms with Crippen molar-refractivity contribution >= 4 is 26.8 Å². The van der Waals surface area contributed by atoms with Gasteiger partial charge in [0.2, 0.25) is 5.43 Å². The SMILES string of the molecule is COc1cccc2c(=O)c(Br)nn(CCCN)c12. The number of fused-ring (bicyclic) bond motifs is 1. The lowest BCUT2D eigenvalue weighted by atomic mass is 10.2. The number of para-hydroxylation sites is 1. The van der Waals surface area contributed by atoms with Crippen LogP contribution in [0, 0.1) is 0 Å². The number of ether oxygens (including phenoxy) is 1. The number of nitrogens with two attached hydrogens (primary N) is 1. The van der Waals surface area contributed by atoms with Gasteiger partial charge in [0.05, 0.1) is 12.5 Å². The molecule has 96 valence electrons. The number of nitrogens with zero attached hydrogens (tertiary/aromatic N) is 2. The van der Waals surface area contributed by atoms with Gasteiger partial charge in [-0.25, -0.2) is 0 Å². The molecule has 1 heterocycles. The van der Waals surface area contributed by atoms with E-state index in [4.69, 9.17) is 10.5 Å². The van der Waals surface area contributed by atoms with Crippen LogP contribution < -0.4 is 15.9 Å². The number of hydrogen-bond donors (Lipinski definition) is 1. The van der Waals surface area contributed by atoms with E-state index in [0.29, 0.717) is 34.3 Å². The topological polar surface area (TPSA) is 70.1 Å². The molecule has 1 aromatic carbocycles. The number of methoxy groups -OCH3 is 1. The first kappa shape index (κ1) is 13.0. The van der Waals surface area contributed by atoms with Crippen molar-refractivity contribution in [1.29, 1.82) is 0 Å². The largest absolute Gasteiger partial charge is 0.494 e. The lowest BCUT2D eigenvalue weighted by molar-refractivity contribution is 0.414. The standard InChI is InChI=1S/C12H14BrN3O2/c1-18-9-5-2-4-8-10(9)16(7-3-6-14)15-12(13)11(8)17/h2,4-5H,3,6-7,14H2,1H3. The minimum Gasteiger partial charge on any atom is -0.494 e. The normalized spacial score (nSPS) is 10.8. The number of hydrogen-bond acceptors (Lipinski definition) is 4. The van der Waals surface area contributed by atoms with E-state index >= 15 is 0 Å². The zero-order valence-corrected chi connectivity index (χ0v) is 11.6. The first-order valence-electron chi connectivity index (χ1n) is 5.62. The van der Waals surface area contributed by atoms with Crippen molar-refractivity contribution in [2.45, 2.75) is 13.0 Å². The number of rotatable bonds is 4. The summed E-state index contributed by atoms with van der Waals surface area (Å²) in [5, 5.41) is 4.82. The summed E-state index contributed by atoms with van der Waals surface area (Å²) in [6.45, 7) is 1.22. The number of halogens is 1. The molecule has 1 aromatic heterocycles. The maximum atomic E-state index is 12.0. The molecule has 2 aromatic rings. The molecule has 0 saturated carbocycles. The van der Waals surface area contributed by atoms with E-state index in [1.165, 1.54) is 0 Å². The predicted molar refractivity (Wildman–Crippen MR) is 73.9 cm³/mol. The molecule has 6 heteroatoms. The van der Waals surface area contributed by atoms with Gasteiger partial charge in [0.1, 0.15) is 11.3 Å². The second kappa shape index (κ2) is 5.49. The van der Waals surface area contributed by atoms with Crippen LogP contribution in [0.1, 0.15) is 6.42 Å². The average Bonchev–Trinajstić information content (AvgIpc) is 2.40. The Bertz CT molecular complexity index is 624. The molecule has 0 aliphatic carbocycles. The molecule has 2 N–H and O–H groups in total. The molecule has 18 heavy (non-hydrogen) atoms. The van der Waals surface area contributed by atoms with Crippen LogP contribution in [-0.2, 0) is 6.54 Å². The summed E-state index contributed by atoms with van der Waals surface area (Å²) in [5.41, 5.74) is 6.09. The van der Waals surface area contributed by atoms with Crippen LogP contribution in [-0.4, -0.2) is 23.4 Å². The Labute approximate surface area is 113 Å². The Kier molecular flexibility index (Phi) is 3.98. The van der Waals surface area contributed by atoms with E-state index in [-0.39, 0.29) is 5.43 Å². The zero-order chi connectivity index (χ0) is 13.1. The average molecular weight is 312 g/mol. The summed E-state index contributed by atoms with van der Waals surface area (Å²) < 4.78 is 7.36. The highest BCUT2D eigenvalue weighted by Gasteiger charge is 2.12. The Balaban J connectivity index is 2.75. The molecule has 0 spiro atoms. The van der Waals surface area contributed by atoms with Gasteiger partial charge >= 0.3 is 0 Å². The van der Waals surface area contributed by atoms with Crippen molar-refractivity contribution < 1.29 is 4.74 Å². The zero-order valence-electron chi connectivity index (χ0n) is 10.0. The van der Waals surface area contributed by atoms with Crippen LogP contribution in [0.15, 0.2) is 27.6 Å². The van der Waals surface area contributed by atoms with Gasteiger partial charge in [-0.1, -0.05) is 6.07 Å². The smallest absolute Gasteiger partial charge is 0.222 e. The van der Waals surface area contributed by atoms with E-state index in [1.807, 2.05) is 6.07 Å². The van der Waals surface area contributed by atoms with Gasteiger partial charge in [-0.05, 0) is 41.0 Å². The summed E-state index contributed by atoms with van der Waals surface area (Å²) in [6.07, 6.45) is 0.787. The predicted octanol–water partition coefficient (Wildman–Crippen LogP) is 1.52. The molecular formula is C12H14BrN3O2. The summed E-state index contributed by atoms with van der Waals surface area (Å²) in [5.74, 6) is 0.640. The van der Waals surface area contributed by atoms with E-state index in [0.717, 1.165) is 6.42 Å². The van der Waals surface area contributed by atoms with Crippen molar-refractivity contribution in [3.8, 4) is 5.75 Å². The molecule has 0 aliphatic heterocycles. The van der Waals surface area contributed by atoms with E-state index in [9.17, 15) is 4.79 Å². The monoisotopic (exact) mass is 311 g/mol. The van der Waals surface area contributed by atoms with Crippen LogP contribution in [0.4, 0.5) is 0 Å². The third-order valence-corrected chi connectivity index (χ3v) is 3.21. The molecule has 0 fully saturated rings. The summed E-state index contributed by atoms with van der Waals surface area (Å²) in [6, 6.07) is 5.38. The molecule has 0 saturated heterocycles. The Morgan fingerprint density at radius 2 is 2.28 bits per heavy atom. The van der Waals surface area contributed by atoms with Crippen molar-refractivity contribution in [1.82, 2.24) is 9.78 Å². The summed E-state index contributed by atoms with van der Waals surface area (Å²) in [4.78, 5) is 12.0. The van der Waals surface area contributed by atoms with E-state index in [2.05, 4.69) is 21.0 Å². The Hall–Kier alpha value is -1.40. The fourth-order valence-electron chi connectivity index (χ4n) is 1.85. The van der Waals surface area contributed by atoms with Crippen LogP contribution in [0.5, 0.6) is 5.75 Å². The van der Waals surface area contributed by atoms with E-state index in [1.54, 1.807) is 23.9 Å². The highest BCUT2D eigenvalue weighted by molar-refractivity contribution is 9.10. The molecule has 0 unspecified atom stereocenters. The number of benzene rings is 1. The fraction of sp³-hybridized carbons (Fsp3) is 0.333. The van der Waals surface area contributed by atoms with Crippen LogP contribution in [0.3, 0.4) is 0 Å². The van der Waals surface area contributed by atoms with Crippen molar-refractivity contribution in [3.63, 3.8) is 0 Å². The van der Waals surface area contributed by atoms with Gasteiger partial charge in [0.25, 0.3) is 0 Å². The minimum absolute atomic E-state index is 0.132. The Morgan fingerprint density at radius 1 is 1.50 bits per heavy atom. The number of aryl methyl sites for hydroxylation is 1. The first-order valence-corrected chi connectivity index (χ1v) is 6.41. The molecule has 0 bridgehead atoms. The fourth-order valence-corrected chi connectivity index (χ4v) is 2.26. The third-order valence-electron chi connectivity index (χ3n) is 2.69. The van der Waals surface area contributed by atoms with E-state index < -0.39 is 0 Å². The molecule has 0 atom stereocenters. The molecule has 0 amide bonds. The van der Waals surface area contributed by atoms with Crippen LogP contribution in [0.25, 0.3) is 10.9 Å². The van der Waals surface area contributed by atoms with Gasteiger partial charge in [0, 0.05) is 6.54 Å². The molecule has 0 radical (unpaired) electrons. The highest BCUT2D eigenvalue weighted by Crippen LogP contribution is 2.23. The van der Waals surface area contributed by atoms with Crippen molar-refractivity contribution in [3.05, 3.63) is 33.0 Å². The van der Waals surface area contributed by atoms with Gasteiger partial charge < -0.3 is 10.5 Å². The second-order valence-corrected chi connectivity index (χ2v) is 4.59. The molecule has 0 aliphatic rings.